The van der Waals surface area contributed by atoms with Crippen molar-refractivity contribution in [2.45, 2.75) is 10.8 Å². The highest BCUT2D eigenvalue weighted by Crippen LogP contribution is 2.61. The van der Waals surface area contributed by atoms with Gasteiger partial charge < -0.3 is 4.90 Å². The van der Waals surface area contributed by atoms with E-state index in [0.29, 0.717) is 0 Å². The van der Waals surface area contributed by atoms with Gasteiger partial charge in [-0.2, -0.15) is 0 Å². The Labute approximate surface area is 404 Å². The summed E-state index contributed by atoms with van der Waals surface area (Å²) in [4.78, 5) is 2.51. The highest BCUT2D eigenvalue weighted by Gasteiger charge is 2.48. The van der Waals surface area contributed by atoms with Crippen LogP contribution in [0.25, 0.3) is 44.5 Å². The Morgan fingerprint density at radius 1 is 0.232 bits per heavy atom. The van der Waals surface area contributed by atoms with Gasteiger partial charge in [-0.25, -0.2) is 0 Å². The monoisotopic (exact) mass is 877 g/mol. The Hall–Kier alpha value is -8.78. The van der Waals surface area contributed by atoms with Crippen molar-refractivity contribution < 1.29 is 0 Å². The smallest absolute Gasteiger partial charge is 0.0714 e. The number of anilines is 3. The van der Waals surface area contributed by atoms with Gasteiger partial charge in [0.1, 0.15) is 0 Å². The van der Waals surface area contributed by atoms with E-state index in [1.807, 2.05) is 0 Å². The normalized spacial score (nSPS) is 13.4. The molecule has 0 saturated carbocycles. The third-order valence-corrected chi connectivity index (χ3v) is 14.9. The Bertz CT molecular complexity index is 3540. The van der Waals surface area contributed by atoms with Crippen LogP contribution in [0.15, 0.2) is 285 Å². The first-order valence-corrected chi connectivity index (χ1v) is 24.0. The molecule has 324 valence electrons. The van der Waals surface area contributed by atoms with Crippen molar-refractivity contribution in [3.8, 4) is 44.5 Å². The molecule has 1 heteroatoms. The van der Waals surface area contributed by atoms with Crippen LogP contribution in [0, 0.1) is 0 Å². The maximum atomic E-state index is 2.51. The van der Waals surface area contributed by atoms with Crippen LogP contribution in [0.4, 0.5) is 17.1 Å². The van der Waals surface area contributed by atoms with Gasteiger partial charge in [-0.15, -0.1) is 0 Å². The molecule has 0 aliphatic heterocycles. The van der Waals surface area contributed by atoms with Gasteiger partial charge in [-0.1, -0.05) is 255 Å². The minimum Gasteiger partial charge on any atom is -0.310 e. The fourth-order valence-electron chi connectivity index (χ4n) is 12.0. The molecule has 0 amide bonds. The zero-order valence-electron chi connectivity index (χ0n) is 38.1. The Kier molecular flexibility index (Phi) is 9.70. The lowest BCUT2D eigenvalue weighted by molar-refractivity contribution is 0.768. The molecule has 0 fully saturated rings. The SMILES string of the molecule is c1ccc(-c2ccc(-c3ccc(N(c4ccc5c(c4)-c4ccccc4C5(c4ccccc4)c4ccccc4)c4cccc5c4-c4ccccc4C5(c4ccccc4)c4ccccc4)cc3)cc2)cc1. The standard InChI is InChI=1S/C68H47N/c1-6-21-48(22-7-1)49-37-39-50(40-38-49)51-41-43-56(44-42-51)69(57-45-46-63-60(47-57)58-31-16-18-33-61(58)67(63,52-23-8-2-9-24-52)53-25-10-3-11-26-53)65-36-20-35-64-66(65)59-32-17-19-34-62(59)68(64,54-27-12-4-13-28-54)55-29-14-5-15-30-55/h1-47H. The maximum Gasteiger partial charge on any atom is 0.0714 e. The van der Waals surface area contributed by atoms with Crippen molar-refractivity contribution >= 4 is 17.1 Å². The summed E-state index contributed by atoms with van der Waals surface area (Å²) >= 11 is 0. The van der Waals surface area contributed by atoms with E-state index in [2.05, 4.69) is 290 Å². The van der Waals surface area contributed by atoms with Crippen LogP contribution >= 0.6 is 0 Å². The highest BCUT2D eigenvalue weighted by molar-refractivity contribution is 5.99. The molecule has 0 radical (unpaired) electrons. The molecule has 69 heavy (non-hydrogen) atoms. The van der Waals surface area contributed by atoms with Gasteiger partial charge in [0.25, 0.3) is 0 Å². The largest absolute Gasteiger partial charge is 0.310 e. The minimum atomic E-state index is -0.534. The van der Waals surface area contributed by atoms with E-state index in [4.69, 9.17) is 0 Å². The molecular weight excluding hydrogens is 831 g/mol. The van der Waals surface area contributed by atoms with Crippen molar-refractivity contribution in [2.75, 3.05) is 4.90 Å². The summed E-state index contributed by atoms with van der Waals surface area (Å²) < 4.78 is 0. The Morgan fingerprint density at radius 3 is 1.12 bits per heavy atom. The number of nitrogens with zero attached hydrogens (tertiary/aromatic N) is 1. The van der Waals surface area contributed by atoms with Gasteiger partial charge in [0.05, 0.1) is 16.5 Å². The minimum absolute atomic E-state index is 0.493. The lowest BCUT2D eigenvalue weighted by Gasteiger charge is -2.35. The van der Waals surface area contributed by atoms with Crippen molar-refractivity contribution in [2.24, 2.45) is 0 Å². The van der Waals surface area contributed by atoms with Crippen LogP contribution in [0.3, 0.4) is 0 Å². The number of fused-ring (bicyclic) bond motifs is 6. The second-order valence-electron chi connectivity index (χ2n) is 18.3. The fraction of sp³-hybridized carbons (Fsp3) is 0.0294. The third-order valence-electron chi connectivity index (χ3n) is 14.9. The second kappa shape index (κ2) is 16.5. The van der Waals surface area contributed by atoms with Crippen LogP contribution in [-0.2, 0) is 10.8 Å². The van der Waals surface area contributed by atoms with Gasteiger partial charge in [0.15, 0.2) is 0 Å². The topological polar surface area (TPSA) is 3.24 Å². The molecule has 2 aliphatic carbocycles. The van der Waals surface area contributed by atoms with E-state index in [-0.39, 0.29) is 0 Å². The van der Waals surface area contributed by atoms with Gasteiger partial charge in [0, 0.05) is 16.9 Å². The Morgan fingerprint density at radius 2 is 0.594 bits per heavy atom. The van der Waals surface area contributed by atoms with E-state index in [1.54, 1.807) is 0 Å². The van der Waals surface area contributed by atoms with Gasteiger partial charge in [0.2, 0.25) is 0 Å². The molecular formula is C68H47N. The summed E-state index contributed by atoms with van der Waals surface area (Å²) in [5.41, 5.74) is 22.2. The summed E-state index contributed by atoms with van der Waals surface area (Å²) in [6, 6.07) is 105. The van der Waals surface area contributed by atoms with Gasteiger partial charge >= 0.3 is 0 Å². The van der Waals surface area contributed by atoms with Crippen LogP contribution in [-0.4, -0.2) is 0 Å². The molecule has 13 rings (SSSR count). The highest BCUT2D eigenvalue weighted by atomic mass is 15.1. The van der Waals surface area contributed by atoms with E-state index in [0.717, 1.165) is 17.1 Å². The van der Waals surface area contributed by atoms with E-state index >= 15 is 0 Å². The summed E-state index contributed by atoms with van der Waals surface area (Å²) in [6.45, 7) is 0. The summed E-state index contributed by atoms with van der Waals surface area (Å²) in [7, 11) is 0. The molecule has 0 spiro atoms. The number of hydrogen-bond donors (Lipinski definition) is 0. The molecule has 2 aliphatic rings. The molecule has 0 heterocycles. The molecule has 0 N–H and O–H groups in total. The van der Waals surface area contributed by atoms with Crippen LogP contribution in [0.2, 0.25) is 0 Å². The maximum absolute atomic E-state index is 2.51. The molecule has 0 bridgehead atoms. The van der Waals surface area contributed by atoms with Gasteiger partial charge in [-0.3, -0.25) is 0 Å². The molecule has 11 aromatic rings. The fourth-order valence-corrected chi connectivity index (χ4v) is 12.0. The average Bonchev–Trinajstić information content (AvgIpc) is 3.91. The molecule has 0 atom stereocenters. The molecule has 0 saturated heterocycles. The first-order chi connectivity index (χ1) is 34.2. The van der Waals surface area contributed by atoms with E-state index < -0.39 is 10.8 Å². The number of hydrogen-bond acceptors (Lipinski definition) is 1. The zero-order valence-corrected chi connectivity index (χ0v) is 38.1. The second-order valence-corrected chi connectivity index (χ2v) is 18.3. The van der Waals surface area contributed by atoms with Crippen molar-refractivity contribution in [3.63, 3.8) is 0 Å². The van der Waals surface area contributed by atoms with Crippen LogP contribution < -0.4 is 4.90 Å². The average molecular weight is 878 g/mol. The summed E-state index contributed by atoms with van der Waals surface area (Å²) in [5, 5.41) is 0. The summed E-state index contributed by atoms with van der Waals surface area (Å²) in [6.07, 6.45) is 0. The van der Waals surface area contributed by atoms with Gasteiger partial charge in [-0.05, 0) is 114 Å². The first kappa shape index (κ1) is 40.5. The van der Waals surface area contributed by atoms with Crippen molar-refractivity contribution in [3.05, 3.63) is 330 Å². The lowest BCUT2D eigenvalue weighted by atomic mass is 9.67. The third kappa shape index (κ3) is 6.24. The quantitative estimate of drug-likeness (QED) is 0.140. The zero-order chi connectivity index (χ0) is 45.8. The predicted molar refractivity (Wildman–Crippen MR) is 287 cm³/mol. The van der Waals surface area contributed by atoms with E-state index in [1.165, 1.54) is 89.0 Å². The van der Waals surface area contributed by atoms with Crippen molar-refractivity contribution in [1.29, 1.82) is 0 Å². The lowest BCUT2D eigenvalue weighted by Crippen LogP contribution is -2.28. The number of benzene rings is 11. The first-order valence-electron chi connectivity index (χ1n) is 24.0. The molecule has 11 aromatic carbocycles. The van der Waals surface area contributed by atoms with Crippen LogP contribution in [0.5, 0.6) is 0 Å². The molecule has 0 aromatic heterocycles. The Balaban J connectivity index is 1.05. The molecule has 0 unspecified atom stereocenters. The number of rotatable bonds is 9. The molecule has 1 nitrogen and oxygen atoms in total. The van der Waals surface area contributed by atoms with Crippen LogP contribution in [0.1, 0.15) is 44.5 Å². The van der Waals surface area contributed by atoms with Crippen molar-refractivity contribution in [1.82, 2.24) is 0 Å². The predicted octanol–water partition coefficient (Wildman–Crippen LogP) is 17.2. The van der Waals surface area contributed by atoms with E-state index in [9.17, 15) is 0 Å². The summed E-state index contributed by atoms with van der Waals surface area (Å²) in [5.74, 6) is 0.